The van der Waals surface area contributed by atoms with Crippen molar-refractivity contribution in [3.63, 3.8) is 0 Å². The second-order valence-electron chi connectivity index (χ2n) is 8.20. The molecule has 0 bridgehead atoms. The third-order valence-corrected chi connectivity index (χ3v) is 5.26. The summed E-state index contributed by atoms with van der Waals surface area (Å²) in [7, 11) is 0. The van der Waals surface area contributed by atoms with E-state index in [-0.39, 0.29) is 29.3 Å². The number of pyridine rings is 1. The van der Waals surface area contributed by atoms with E-state index in [0.29, 0.717) is 25.4 Å². The molecule has 1 saturated heterocycles. The second-order valence-corrected chi connectivity index (χ2v) is 8.20. The average molecular weight is 401 g/mol. The normalized spacial score (nSPS) is 24.2. The highest BCUT2D eigenvalue weighted by molar-refractivity contribution is 6.19. The maximum Gasteiger partial charge on any atom is 0.280 e. The molecule has 9 heteroatoms. The van der Waals surface area contributed by atoms with Gasteiger partial charge in [-0.2, -0.15) is 0 Å². The van der Waals surface area contributed by atoms with Crippen molar-refractivity contribution in [3.05, 3.63) is 36.0 Å². The minimum Gasteiger partial charge on any atom is -0.494 e. The zero-order chi connectivity index (χ0) is 20.5. The standard InChI is InChI=1S/C20H27N5O4/c1-12(2)10-24-18-13(11-29-15-4-3-7-21-9-15)8-22-25(18)20(28)16(19(24)27)17(26)23-14-5-6-14/h3-4,7,9,12-14,18,22,27H,5-6,8,10-11H2,1-2H3,(H,23,26). The Kier molecular flexibility index (Phi) is 5.31. The van der Waals surface area contributed by atoms with Gasteiger partial charge in [-0.25, -0.2) is 5.43 Å². The van der Waals surface area contributed by atoms with Crippen LogP contribution < -0.4 is 15.5 Å². The van der Waals surface area contributed by atoms with Gasteiger partial charge >= 0.3 is 0 Å². The number of rotatable bonds is 7. The molecule has 0 spiro atoms. The van der Waals surface area contributed by atoms with Crippen LogP contribution >= 0.6 is 0 Å². The highest BCUT2D eigenvalue weighted by Crippen LogP contribution is 2.32. The molecule has 1 saturated carbocycles. The number of nitrogens with one attached hydrogen (secondary N) is 2. The van der Waals surface area contributed by atoms with Gasteiger partial charge in [-0.1, -0.05) is 13.8 Å². The summed E-state index contributed by atoms with van der Waals surface area (Å²) in [6.45, 7) is 5.41. The van der Waals surface area contributed by atoms with E-state index < -0.39 is 18.0 Å². The van der Waals surface area contributed by atoms with Gasteiger partial charge < -0.3 is 20.1 Å². The highest BCUT2D eigenvalue weighted by atomic mass is 16.5. The second kappa shape index (κ2) is 7.90. The smallest absolute Gasteiger partial charge is 0.280 e. The fourth-order valence-electron chi connectivity index (χ4n) is 3.75. The Labute approximate surface area is 169 Å². The van der Waals surface area contributed by atoms with Crippen molar-refractivity contribution in [2.24, 2.45) is 11.8 Å². The number of hydrogen-bond donors (Lipinski definition) is 3. The summed E-state index contributed by atoms with van der Waals surface area (Å²) in [4.78, 5) is 31.4. The number of amides is 2. The van der Waals surface area contributed by atoms with Crippen molar-refractivity contribution in [1.82, 2.24) is 25.6 Å². The molecular weight excluding hydrogens is 374 g/mol. The Balaban J connectivity index is 1.57. The molecule has 1 aromatic rings. The molecular formula is C20H27N5O4. The number of carbonyl (C=O) groups excluding carboxylic acids is 2. The molecule has 156 valence electrons. The molecule has 2 unspecified atom stereocenters. The molecule has 2 atom stereocenters. The number of hydrogen-bond acceptors (Lipinski definition) is 7. The van der Waals surface area contributed by atoms with Crippen LogP contribution in [0, 0.1) is 11.8 Å². The fourth-order valence-corrected chi connectivity index (χ4v) is 3.75. The van der Waals surface area contributed by atoms with Gasteiger partial charge in [0.2, 0.25) is 5.88 Å². The molecule has 2 aliphatic heterocycles. The number of hydrazine groups is 1. The maximum absolute atomic E-state index is 13.0. The number of ether oxygens (including phenoxy) is 1. The molecule has 4 rings (SSSR count). The van der Waals surface area contributed by atoms with E-state index in [0.717, 1.165) is 12.8 Å². The average Bonchev–Trinajstić information content (AvgIpc) is 3.40. The number of fused-ring (bicyclic) bond motifs is 1. The quantitative estimate of drug-likeness (QED) is 0.579. The molecule has 3 N–H and O–H groups in total. The largest absolute Gasteiger partial charge is 0.494 e. The summed E-state index contributed by atoms with van der Waals surface area (Å²) in [5, 5.41) is 15.2. The molecule has 3 aliphatic rings. The van der Waals surface area contributed by atoms with Gasteiger partial charge in [-0.3, -0.25) is 19.6 Å². The van der Waals surface area contributed by atoms with Crippen molar-refractivity contribution in [3.8, 4) is 5.75 Å². The number of aromatic nitrogens is 1. The Hall–Kier alpha value is -2.81. The Morgan fingerprint density at radius 3 is 2.90 bits per heavy atom. The molecule has 0 aromatic carbocycles. The van der Waals surface area contributed by atoms with E-state index in [4.69, 9.17) is 4.74 Å². The molecule has 2 amide bonds. The van der Waals surface area contributed by atoms with E-state index in [1.54, 1.807) is 23.4 Å². The molecule has 1 aliphatic carbocycles. The lowest BCUT2D eigenvalue weighted by atomic mass is 10.0. The predicted octanol–water partition coefficient (Wildman–Crippen LogP) is 0.769. The van der Waals surface area contributed by atoms with Gasteiger partial charge in [-0.15, -0.1) is 0 Å². The summed E-state index contributed by atoms with van der Waals surface area (Å²) < 4.78 is 5.85. The molecule has 2 fully saturated rings. The van der Waals surface area contributed by atoms with Gasteiger partial charge in [0.15, 0.2) is 5.57 Å². The summed E-state index contributed by atoms with van der Waals surface area (Å²) in [5.74, 6) is -0.493. The fraction of sp³-hybridized carbons (Fsp3) is 0.550. The molecule has 9 nitrogen and oxygen atoms in total. The zero-order valence-corrected chi connectivity index (χ0v) is 16.7. The third kappa shape index (κ3) is 4.00. The first-order chi connectivity index (χ1) is 14.0. The van der Waals surface area contributed by atoms with Crippen LogP contribution in [-0.4, -0.2) is 63.7 Å². The lowest BCUT2D eigenvalue weighted by Crippen LogP contribution is -2.59. The Morgan fingerprint density at radius 2 is 2.24 bits per heavy atom. The van der Waals surface area contributed by atoms with Crippen LogP contribution in [0.5, 0.6) is 5.75 Å². The zero-order valence-electron chi connectivity index (χ0n) is 16.7. The van der Waals surface area contributed by atoms with Crippen LogP contribution in [0.3, 0.4) is 0 Å². The van der Waals surface area contributed by atoms with E-state index in [9.17, 15) is 14.7 Å². The van der Waals surface area contributed by atoms with Gasteiger partial charge in [0.25, 0.3) is 11.8 Å². The lowest BCUT2D eigenvalue weighted by Gasteiger charge is -2.42. The van der Waals surface area contributed by atoms with Crippen LogP contribution in [0.4, 0.5) is 0 Å². The topological polar surface area (TPSA) is 107 Å². The number of aliphatic hydroxyl groups is 1. The molecule has 29 heavy (non-hydrogen) atoms. The van der Waals surface area contributed by atoms with Gasteiger partial charge in [0, 0.05) is 31.2 Å². The first-order valence-electron chi connectivity index (χ1n) is 10.1. The van der Waals surface area contributed by atoms with Gasteiger partial charge in [0.1, 0.15) is 11.9 Å². The minimum atomic E-state index is -0.515. The van der Waals surface area contributed by atoms with Gasteiger partial charge in [0.05, 0.1) is 12.8 Å². The molecule has 0 radical (unpaired) electrons. The van der Waals surface area contributed by atoms with Crippen LogP contribution in [0.25, 0.3) is 0 Å². The van der Waals surface area contributed by atoms with Crippen molar-refractivity contribution >= 4 is 11.8 Å². The number of carbonyl (C=O) groups is 2. The first-order valence-corrected chi connectivity index (χ1v) is 10.1. The minimum absolute atomic E-state index is 0.0897. The molecule has 1 aromatic heterocycles. The highest BCUT2D eigenvalue weighted by Gasteiger charge is 2.50. The van der Waals surface area contributed by atoms with Crippen LogP contribution in [0.1, 0.15) is 26.7 Å². The first kappa shape index (κ1) is 19.5. The van der Waals surface area contributed by atoms with Crippen molar-refractivity contribution in [1.29, 1.82) is 0 Å². The number of aliphatic hydroxyl groups excluding tert-OH is 1. The summed E-state index contributed by atoms with van der Waals surface area (Å²) in [6.07, 6.45) is 4.69. The monoisotopic (exact) mass is 401 g/mol. The lowest BCUT2D eigenvalue weighted by molar-refractivity contribution is -0.142. The van der Waals surface area contributed by atoms with Gasteiger partial charge in [-0.05, 0) is 30.9 Å². The van der Waals surface area contributed by atoms with Crippen molar-refractivity contribution in [2.45, 2.75) is 38.9 Å². The Bertz CT molecular complexity index is 808. The summed E-state index contributed by atoms with van der Waals surface area (Å²) in [6, 6.07) is 3.71. The predicted molar refractivity (Wildman–Crippen MR) is 104 cm³/mol. The van der Waals surface area contributed by atoms with E-state index in [2.05, 4.69) is 15.7 Å². The number of nitrogens with zero attached hydrogens (tertiary/aromatic N) is 3. The van der Waals surface area contributed by atoms with E-state index in [1.165, 1.54) is 5.01 Å². The third-order valence-electron chi connectivity index (χ3n) is 5.26. The van der Waals surface area contributed by atoms with E-state index >= 15 is 0 Å². The maximum atomic E-state index is 13.0. The van der Waals surface area contributed by atoms with Crippen LogP contribution in [0.15, 0.2) is 36.0 Å². The van der Waals surface area contributed by atoms with E-state index in [1.807, 2.05) is 19.9 Å². The van der Waals surface area contributed by atoms with Crippen molar-refractivity contribution < 1.29 is 19.4 Å². The Morgan fingerprint density at radius 1 is 1.45 bits per heavy atom. The van der Waals surface area contributed by atoms with Crippen LogP contribution in [-0.2, 0) is 9.59 Å². The van der Waals surface area contributed by atoms with Crippen molar-refractivity contribution in [2.75, 3.05) is 19.7 Å². The molecule has 3 heterocycles. The summed E-state index contributed by atoms with van der Waals surface area (Å²) in [5.41, 5.74) is 2.89. The summed E-state index contributed by atoms with van der Waals surface area (Å²) >= 11 is 0. The van der Waals surface area contributed by atoms with Crippen LogP contribution in [0.2, 0.25) is 0 Å². The SMILES string of the molecule is CC(C)CN1C(O)=C(C(=O)NC2CC2)C(=O)N2NCC(COc3cccnc3)C12.